The molecule has 3 amide bonds. The molecule has 2 saturated heterocycles. The maximum atomic E-state index is 13.5. The van der Waals surface area contributed by atoms with Crippen molar-refractivity contribution < 1.29 is 14.4 Å². The first-order valence-electron chi connectivity index (χ1n) is 13.5. The predicted octanol–water partition coefficient (Wildman–Crippen LogP) is 3.37. The van der Waals surface area contributed by atoms with Crippen molar-refractivity contribution in [3.8, 4) is 0 Å². The van der Waals surface area contributed by atoms with Crippen LogP contribution in [0.2, 0.25) is 0 Å². The van der Waals surface area contributed by atoms with Crippen molar-refractivity contribution in [3.63, 3.8) is 0 Å². The van der Waals surface area contributed by atoms with E-state index >= 15 is 0 Å². The number of rotatable bonds is 11. The lowest BCUT2D eigenvalue weighted by Gasteiger charge is -2.41. The summed E-state index contributed by atoms with van der Waals surface area (Å²) in [6, 6.07) is 17.9. The fourth-order valence-electron chi connectivity index (χ4n) is 6.19. The first-order valence-corrected chi connectivity index (χ1v) is 13.5. The molecule has 0 aromatic heterocycles. The second kappa shape index (κ2) is 11.9. The summed E-state index contributed by atoms with van der Waals surface area (Å²) >= 11 is 0. The molecule has 0 saturated carbocycles. The summed E-state index contributed by atoms with van der Waals surface area (Å²) < 4.78 is 0. The van der Waals surface area contributed by atoms with Crippen LogP contribution in [0.1, 0.15) is 73.4 Å². The number of nitrogens with zero attached hydrogens (tertiary/aromatic N) is 1. The first-order chi connectivity index (χ1) is 17.7. The Morgan fingerprint density at radius 2 is 1.65 bits per heavy atom. The number of fused-ring (bicyclic) bond motifs is 2. The Balaban J connectivity index is 1.49. The van der Waals surface area contributed by atoms with E-state index in [0.717, 1.165) is 31.2 Å². The van der Waals surface area contributed by atoms with Gasteiger partial charge in [-0.1, -0.05) is 56.3 Å². The Morgan fingerprint density at radius 1 is 0.973 bits per heavy atom. The van der Waals surface area contributed by atoms with Gasteiger partial charge >= 0.3 is 0 Å². The Labute approximate surface area is 220 Å². The van der Waals surface area contributed by atoms with Gasteiger partial charge in [0.2, 0.25) is 17.7 Å². The van der Waals surface area contributed by atoms with Gasteiger partial charge in [-0.3, -0.25) is 19.3 Å². The number of piperidine rings is 1. The van der Waals surface area contributed by atoms with Crippen molar-refractivity contribution in [1.29, 1.82) is 0 Å². The minimum absolute atomic E-state index is 0.107. The smallest absolute Gasteiger partial charge is 0.248 e. The van der Waals surface area contributed by atoms with Crippen molar-refractivity contribution >= 4 is 17.7 Å². The lowest BCUT2D eigenvalue weighted by Crippen LogP contribution is -2.51. The molecule has 0 spiro atoms. The highest BCUT2D eigenvalue weighted by molar-refractivity contribution is 5.93. The fraction of sp³-hybridized carbons (Fsp3) is 0.500. The van der Waals surface area contributed by atoms with Crippen molar-refractivity contribution in [1.82, 2.24) is 10.2 Å². The van der Waals surface area contributed by atoms with E-state index in [1.54, 1.807) is 6.07 Å². The number of hydrogen-bond donors (Lipinski definition) is 3. The molecule has 5 atom stereocenters. The second-order valence-corrected chi connectivity index (χ2v) is 11.2. The van der Waals surface area contributed by atoms with Crippen LogP contribution >= 0.6 is 0 Å². The van der Waals surface area contributed by atoms with Crippen molar-refractivity contribution in [2.45, 2.75) is 76.4 Å². The SMILES string of the molecule is CC(C)C[C@H](NC(=O)[C@H](Cc1ccccc1)CN1[C@@H]2CC[C@H]1CC(c1cccc(C(N)=O)c1)C2)C(N)=O. The Kier molecular flexibility index (Phi) is 8.64. The maximum absolute atomic E-state index is 13.5. The average molecular weight is 505 g/mol. The standard InChI is InChI=1S/C30H40N4O3/c1-19(2)13-27(29(32)36)33-30(37)24(14-20-7-4-3-5-8-20)18-34-25-11-12-26(34)17-23(16-25)21-9-6-10-22(15-21)28(31)35/h3-10,15,19,23-27H,11-14,16-18H2,1-2H3,(H2,31,35)(H2,32,36)(H,33,37)/t23?,24-,25-,26+,27+/m1/s1. The molecule has 2 bridgehead atoms. The van der Waals surface area contributed by atoms with Crippen molar-refractivity contribution in [3.05, 3.63) is 71.3 Å². The molecule has 5 N–H and O–H groups in total. The van der Waals surface area contributed by atoms with Gasteiger partial charge in [0.1, 0.15) is 6.04 Å². The summed E-state index contributed by atoms with van der Waals surface area (Å²) in [5.41, 5.74) is 14.0. The van der Waals surface area contributed by atoms with Gasteiger partial charge in [0, 0.05) is 24.2 Å². The van der Waals surface area contributed by atoms with E-state index in [4.69, 9.17) is 11.5 Å². The number of carbonyl (C=O) groups excluding carboxylic acids is 3. The Morgan fingerprint density at radius 3 is 2.24 bits per heavy atom. The van der Waals surface area contributed by atoms with E-state index in [2.05, 4.69) is 16.3 Å². The van der Waals surface area contributed by atoms with E-state index in [0.29, 0.717) is 43.0 Å². The molecular formula is C30H40N4O3. The van der Waals surface area contributed by atoms with Crippen LogP contribution in [-0.2, 0) is 16.0 Å². The molecule has 37 heavy (non-hydrogen) atoms. The monoisotopic (exact) mass is 504 g/mol. The third-order valence-corrected chi connectivity index (χ3v) is 8.02. The summed E-state index contributed by atoms with van der Waals surface area (Å²) in [7, 11) is 0. The molecule has 2 aromatic rings. The number of primary amides is 2. The van der Waals surface area contributed by atoms with Crippen molar-refractivity contribution in [2.24, 2.45) is 23.3 Å². The van der Waals surface area contributed by atoms with Crippen LogP contribution in [0.4, 0.5) is 0 Å². The molecule has 2 aliphatic heterocycles. The number of hydrogen-bond acceptors (Lipinski definition) is 4. The first kappa shape index (κ1) is 26.9. The molecule has 0 aliphatic carbocycles. The number of nitrogens with two attached hydrogens (primary N) is 2. The van der Waals surface area contributed by atoms with Gasteiger partial charge in [-0.15, -0.1) is 0 Å². The molecule has 2 aromatic carbocycles. The van der Waals surface area contributed by atoms with Crippen molar-refractivity contribution in [2.75, 3.05) is 6.54 Å². The van der Waals surface area contributed by atoms with Crippen LogP contribution in [0, 0.1) is 11.8 Å². The minimum atomic E-state index is -0.661. The molecule has 2 fully saturated rings. The van der Waals surface area contributed by atoms with Gasteiger partial charge in [0.25, 0.3) is 0 Å². The highest BCUT2D eigenvalue weighted by Gasteiger charge is 2.42. The summed E-state index contributed by atoms with van der Waals surface area (Å²) in [5.74, 6) is -0.658. The summed E-state index contributed by atoms with van der Waals surface area (Å²) in [5, 5.41) is 2.98. The van der Waals surface area contributed by atoms with Gasteiger partial charge < -0.3 is 16.8 Å². The molecule has 0 radical (unpaired) electrons. The van der Waals surface area contributed by atoms with E-state index in [-0.39, 0.29) is 17.7 Å². The molecule has 7 heteroatoms. The Hall–Kier alpha value is -3.19. The van der Waals surface area contributed by atoms with Crippen LogP contribution < -0.4 is 16.8 Å². The molecule has 7 nitrogen and oxygen atoms in total. The molecule has 1 unspecified atom stereocenters. The van der Waals surface area contributed by atoms with Gasteiger partial charge in [0.05, 0.1) is 5.92 Å². The van der Waals surface area contributed by atoms with E-state index < -0.39 is 17.9 Å². The third kappa shape index (κ3) is 6.77. The molecule has 198 valence electrons. The van der Waals surface area contributed by atoms with Crippen LogP contribution in [0.25, 0.3) is 0 Å². The molecule has 2 heterocycles. The second-order valence-electron chi connectivity index (χ2n) is 11.2. The zero-order valence-corrected chi connectivity index (χ0v) is 21.9. The van der Waals surface area contributed by atoms with Gasteiger partial charge in [-0.2, -0.15) is 0 Å². The number of amides is 3. The summed E-state index contributed by atoms with van der Waals surface area (Å²) in [6.07, 6.45) is 5.34. The van der Waals surface area contributed by atoms with Crippen LogP contribution in [-0.4, -0.2) is 47.3 Å². The normalized spacial score (nSPS) is 22.9. The number of carbonyl (C=O) groups is 3. The van der Waals surface area contributed by atoms with Crippen LogP contribution in [0.15, 0.2) is 54.6 Å². The van der Waals surface area contributed by atoms with Gasteiger partial charge in [-0.05, 0) is 73.6 Å². The highest BCUT2D eigenvalue weighted by atomic mass is 16.2. The quantitative estimate of drug-likeness (QED) is 0.435. The van der Waals surface area contributed by atoms with Gasteiger partial charge in [-0.25, -0.2) is 0 Å². The zero-order chi connectivity index (χ0) is 26.5. The fourth-order valence-corrected chi connectivity index (χ4v) is 6.19. The Bertz CT molecular complexity index is 1090. The topological polar surface area (TPSA) is 119 Å². The van der Waals surface area contributed by atoms with Crippen LogP contribution in [0.5, 0.6) is 0 Å². The lowest BCUT2D eigenvalue weighted by molar-refractivity contribution is -0.131. The highest BCUT2D eigenvalue weighted by Crippen LogP contribution is 2.43. The predicted molar refractivity (Wildman–Crippen MR) is 145 cm³/mol. The molecule has 2 aliphatic rings. The third-order valence-electron chi connectivity index (χ3n) is 8.02. The van der Waals surface area contributed by atoms with E-state index in [1.807, 2.05) is 56.3 Å². The maximum Gasteiger partial charge on any atom is 0.248 e. The zero-order valence-electron chi connectivity index (χ0n) is 21.9. The molecular weight excluding hydrogens is 464 g/mol. The van der Waals surface area contributed by atoms with E-state index in [9.17, 15) is 14.4 Å². The van der Waals surface area contributed by atoms with E-state index in [1.165, 1.54) is 5.56 Å². The minimum Gasteiger partial charge on any atom is -0.368 e. The number of benzene rings is 2. The van der Waals surface area contributed by atoms with Gasteiger partial charge in [0.15, 0.2) is 0 Å². The average Bonchev–Trinajstić information content (AvgIpc) is 3.09. The van der Waals surface area contributed by atoms with Crippen LogP contribution in [0.3, 0.4) is 0 Å². The number of nitrogens with one attached hydrogen (secondary N) is 1. The summed E-state index contributed by atoms with van der Waals surface area (Å²) in [4.78, 5) is 39.8. The molecule has 4 rings (SSSR count). The summed E-state index contributed by atoms with van der Waals surface area (Å²) in [6.45, 7) is 4.69. The largest absolute Gasteiger partial charge is 0.368 e. The lowest BCUT2D eigenvalue weighted by atomic mass is 9.83.